The lowest BCUT2D eigenvalue weighted by Crippen LogP contribution is -2.34. The first-order valence-electron chi connectivity index (χ1n) is 10.1. The van der Waals surface area contributed by atoms with Gasteiger partial charge >= 0.3 is 0 Å². The number of carbonyl (C=O) groups is 1. The van der Waals surface area contributed by atoms with E-state index in [9.17, 15) is 9.59 Å². The molecule has 2 aromatic carbocycles. The number of hydrogen-bond acceptors (Lipinski definition) is 4. The Hall–Kier alpha value is -3.41. The smallest absolute Gasteiger partial charge is 0.255 e. The van der Waals surface area contributed by atoms with Crippen molar-refractivity contribution in [3.63, 3.8) is 0 Å². The first-order chi connectivity index (χ1) is 14.4. The predicted molar refractivity (Wildman–Crippen MR) is 121 cm³/mol. The van der Waals surface area contributed by atoms with Crippen LogP contribution in [0, 0.1) is 13.8 Å². The van der Waals surface area contributed by atoms with Crippen molar-refractivity contribution in [2.24, 2.45) is 0 Å². The molecule has 0 aliphatic carbocycles. The van der Waals surface area contributed by atoms with Gasteiger partial charge in [0.2, 0.25) is 11.9 Å². The highest BCUT2D eigenvalue weighted by Gasteiger charge is 2.16. The van der Waals surface area contributed by atoms with E-state index in [1.807, 2.05) is 67.4 Å². The Morgan fingerprint density at radius 2 is 1.83 bits per heavy atom. The van der Waals surface area contributed by atoms with Gasteiger partial charge in [0.25, 0.3) is 5.56 Å². The third-order valence-electron chi connectivity index (χ3n) is 5.03. The van der Waals surface area contributed by atoms with Crippen molar-refractivity contribution in [2.45, 2.75) is 40.3 Å². The summed E-state index contributed by atoms with van der Waals surface area (Å²) in [6.07, 6.45) is 0.814. The summed E-state index contributed by atoms with van der Waals surface area (Å²) in [4.78, 5) is 32.0. The van der Waals surface area contributed by atoms with Gasteiger partial charge in [-0.25, -0.2) is 4.98 Å². The summed E-state index contributed by atoms with van der Waals surface area (Å²) in [5.41, 5.74) is 4.36. The molecule has 0 aliphatic heterocycles. The summed E-state index contributed by atoms with van der Waals surface area (Å²) in [6, 6.07) is 17.4. The Morgan fingerprint density at radius 1 is 1.10 bits per heavy atom. The Kier molecular flexibility index (Phi) is 6.67. The van der Waals surface area contributed by atoms with Crippen LogP contribution in [0.3, 0.4) is 0 Å². The molecule has 6 nitrogen and oxygen atoms in total. The van der Waals surface area contributed by atoms with Crippen LogP contribution < -0.4 is 15.8 Å². The highest BCUT2D eigenvalue weighted by molar-refractivity contribution is 5.92. The fourth-order valence-electron chi connectivity index (χ4n) is 3.50. The van der Waals surface area contributed by atoms with Gasteiger partial charge in [0.15, 0.2) is 0 Å². The van der Waals surface area contributed by atoms with Gasteiger partial charge in [0.05, 0.1) is 0 Å². The average Bonchev–Trinajstić information content (AvgIpc) is 2.72. The number of amides is 1. The molecule has 0 saturated heterocycles. The summed E-state index contributed by atoms with van der Waals surface area (Å²) in [5, 5.41) is 2.99. The molecule has 0 bridgehead atoms. The third-order valence-corrected chi connectivity index (χ3v) is 5.03. The van der Waals surface area contributed by atoms with E-state index in [0.717, 1.165) is 28.8 Å². The first-order valence-corrected chi connectivity index (χ1v) is 10.1. The van der Waals surface area contributed by atoms with Crippen LogP contribution in [0.1, 0.15) is 29.3 Å². The lowest BCUT2D eigenvalue weighted by Gasteiger charge is -2.23. The number of benzene rings is 2. The topological polar surface area (TPSA) is 67.2 Å². The molecule has 0 fully saturated rings. The minimum atomic E-state index is -0.249. The number of aryl methyl sites for hydroxylation is 3. The van der Waals surface area contributed by atoms with E-state index in [-0.39, 0.29) is 18.0 Å². The highest BCUT2D eigenvalue weighted by Crippen LogP contribution is 2.21. The number of nitrogens with one attached hydrogen (secondary N) is 1. The van der Waals surface area contributed by atoms with E-state index in [4.69, 9.17) is 0 Å². The molecule has 3 aromatic rings. The minimum Gasteiger partial charge on any atom is -0.341 e. The Labute approximate surface area is 177 Å². The Bertz CT molecular complexity index is 1090. The zero-order valence-corrected chi connectivity index (χ0v) is 18.0. The van der Waals surface area contributed by atoms with Crippen molar-refractivity contribution in [2.75, 3.05) is 17.3 Å². The van der Waals surface area contributed by atoms with Crippen molar-refractivity contribution in [1.29, 1.82) is 0 Å². The number of nitrogens with zero attached hydrogens (tertiary/aromatic N) is 3. The predicted octanol–water partition coefficient (Wildman–Crippen LogP) is 3.70. The van der Waals surface area contributed by atoms with Crippen LogP contribution in [-0.2, 0) is 24.3 Å². The maximum Gasteiger partial charge on any atom is 0.255 e. The molecule has 156 valence electrons. The molecule has 0 aliphatic rings. The second kappa shape index (κ2) is 9.39. The van der Waals surface area contributed by atoms with Crippen molar-refractivity contribution < 1.29 is 4.79 Å². The fourth-order valence-corrected chi connectivity index (χ4v) is 3.50. The molecule has 6 heteroatoms. The van der Waals surface area contributed by atoms with Crippen LogP contribution >= 0.6 is 0 Å². The minimum absolute atomic E-state index is 0.0991. The molecule has 0 spiro atoms. The third kappa shape index (κ3) is 4.95. The number of aromatic nitrogens is 2. The van der Waals surface area contributed by atoms with E-state index < -0.39 is 0 Å². The summed E-state index contributed by atoms with van der Waals surface area (Å²) >= 11 is 0. The Balaban J connectivity index is 1.87. The molecule has 0 unspecified atom stereocenters. The van der Waals surface area contributed by atoms with Crippen LogP contribution in [0.15, 0.2) is 59.4 Å². The largest absolute Gasteiger partial charge is 0.341 e. The van der Waals surface area contributed by atoms with Crippen LogP contribution in [0.2, 0.25) is 0 Å². The fraction of sp³-hybridized carbons (Fsp3) is 0.292. The van der Waals surface area contributed by atoms with Crippen molar-refractivity contribution in [3.8, 4) is 0 Å². The zero-order chi connectivity index (χ0) is 21.7. The molecular formula is C24H28N4O2. The van der Waals surface area contributed by atoms with E-state index in [1.54, 1.807) is 6.92 Å². The van der Waals surface area contributed by atoms with Crippen LogP contribution in [0.4, 0.5) is 11.6 Å². The molecule has 30 heavy (non-hydrogen) atoms. The number of rotatable bonds is 7. The second-order valence-electron chi connectivity index (χ2n) is 7.47. The Morgan fingerprint density at radius 3 is 2.53 bits per heavy atom. The lowest BCUT2D eigenvalue weighted by molar-refractivity contribution is -0.116. The van der Waals surface area contributed by atoms with Gasteiger partial charge < -0.3 is 10.2 Å². The normalized spacial score (nSPS) is 10.7. The van der Waals surface area contributed by atoms with Crippen LogP contribution in [-0.4, -0.2) is 22.5 Å². The van der Waals surface area contributed by atoms with E-state index in [0.29, 0.717) is 18.2 Å². The average molecular weight is 405 g/mol. The quantitative estimate of drug-likeness (QED) is 0.652. The summed E-state index contributed by atoms with van der Waals surface area (Å²) in [7, 11) is 1.87. The van der Waals surface area contributed by atoms with Crippen LogP contribution in [0.5, 0.6) is 0 Å². The number of carbonyl (C=O) groups excluding carboxylic acids is 1. The molecule has 1 N–H and O–H groups in total. The second-order valence-corrected chi connectivity index (χ2v) is 7.47. The SMILES string of the molecule is CCc1cccc(C)c1NC(=O)Cn1c(N(C)Cc2ccccc2)nc(C)cc1=O. The molecule has 1 aromatic heterocycles. The zero-order valence-electron chi connectivity index (χ0n) is 18.0. The standard InChI is InChI=1S/C24H28N4O2/c1-5-20-13-9-10-17(2)23(20)26-21(29)16-28-22(30)14-18(3)25-24(28)27(4)15-19-11-7-6-8-12-19/h6-14H,5,15-16H2,1-4H3,(H,26,29). The van der Waals surface area contributed by atoms with Crippen LogP contribution in [0.25, 0.3) is 0 Å². The van der Waals surface area contributed by atoms with Gasteiger partial charge in [0.1, 0.15) is 6.54 Å². The van der Waals surface area contributed by atoms with Gasteiger partial charge in [-0.15, -0.1) is 0 Å². The summed E-state index contributed by atoms with van der Waals surface area (Å²) in [6.45, 7) is 6.28. The van der Waals surface area contributed by atoms with Gasteiger partial charge in [-0.05, 0) is 37.0 Å². The first kappa shape index (κ1) is 21.3. The van der Waals surface area contributed by atoms with Crippen molar-refractivity contribution in [3.05, 3.63) is 87.3 Å². The number of anilines is 2. The summed E-state index contributed by atoms with van der Waals surface area (Å²) in [5.74, 6) is 0.223. The number of para-hydroxylation sites is 1. The maximum absolute atomic E-state index is 12.9. The van der Waals surface area contributed by atoms with Crippen molar-refractivity contribution in [1.82, 2.24) is 9.55 Å². The molecular weight excluding hydrogens is 376 g/mol. The lowest BCUT2D eigenvalue weighted by atomic mass is 10.1. The molecule has 0 radical (unpaired) electrons. The molecule has 0 atom stereocenters. The molecule has 0 saturated carbocycles. The van der Waals surface area contributed by atoms with Gasteiger partial charge in [-0.1, -0.05) is 55.5 Å². The van der Waals surface area contributed by atoms with E-state index >= 15 is 0 Å². The molecule has 1 amide bonds. The van der Waals surface area contributed by atoms with Gasteiger partial charge in [-0.2, -0.15) is 0 Å². The number of hydrogen-bond donors (Lipinski definition) is 1. The van der Waals surface area contributed by atoms with Crippen molar-refractivity contribution >= 4 is 17.5 Å². The summed E-state index contributed by atoms with van der Waals surface area (Å²) < 4.78 is 1.43. The van der Waals surface area contributed by atoms with E-state index in [2.05, 4.69) is 17.2 Å². The maximum atomic E-state index is 12.9. The van der Waals surface area contributed by atoms with Gasteiger partial charge in [-0.3, -0.25) is 14.2 Å². The highest BCUT2D eigenvalue weighted by atomic mass is 16.2. The molecule has 1 heterocycles. The monoisotopic (exact) mass is 404 g/mol. The molecule has 3 rings (SSSR count). The van der Waals surface area contributed by atoms with E-state index in [1.165, 1.54) is 10.6 Å². The van der Waals surface area contributed by atoms with Gasteiger partial charge in [0, 0.05) is 31.0 Å².